The molecule has 0 amide bonds. The van der Waals surface area contributed by atoms with E-state index in [4.69, 9.17) is 15.3 Å². The molecule has 1 aromatic heterocycles. The quantitative estimate of drug-likeness (QED) is 0.736. The lowest BCUT2D eigenvalue weighted by Crippen LogP contribution is -2.25. The monoisotopic (exact) mass is 208 g/mol. The van der Waals surface area contributed by atoms with E-state index >= 15 is 0 Å². The van der Waals surface area contributed by atoms with Gasteiger partial charge in [-0.1, -0.05) is 12.1 Å². The molecule has 1 atom stereocenters. The number of para-hydroxylation sites is 2. The zero-order valence-corrected chi connectivity index (χ0v) is 8.25. The van der Waals surface area contributed by atoms with E-state index in [0.717, 1.165) is 11.1 Å². The van der Waals surface area contributed by atoms with Crippen LogP contribution in [0.1, 0.15) is 6.92 Å². The zero-order valence-electron chi connectivity index (χ0n) is 8.25. The number of nitrogens with two attached hydrogens (primary N) is 1. The predicted molar refractivity (Wildman–Crippen MR) is 55.3 cm³/mol. The fraction of sp³-hybridized carbons (Fsp3) is 0.200. The lowest BCUT2D eigenvalue weighted by atomic mass is 10.3. The summed E-state index contributed by atoms with van der Waals surface area (Å²) in [6, 6.07) is 6.93. The molecule has 1 aromatic carbocycles. The molecule has 0 aliphatic rings. The number of carboxylic acids is 1. The Morgan fingerprint density at radius 3 is 2.67 bits per heavy atom. The molecule has 0 fully saturated rings. The third-order valence-corrected chi connectivity index (χ3v) is 1.63. The first-order valence-corrected chi connectivity index (χ1v) is 4.38. The van der Waals surface area contributed by atoms with Crippen molar-refractivity contribution in [1.29, 1.82) is 0 Å². The van der Waals surface area contributed by atoms with Gasteiger partial charge in [-0.2, -0.15) is 0 Å². The molecule has 1 heterocycles. The number of fused-ring (bicyclic) bond motifs is 1. The van der Waals surface area contributed by atoms with E-state index in [9.17, 15) is 4.79 Å². The van der Waals surface area contributed by atoms with Crippen LogP contribution in [0.2, 0.25) is 0 Å². The lowest BCUT2D eigenvalue weighted by molar-refractivity contribution is -0.138. The molecule has 2 rings (SSSR count). The first-order valence-electron chi connectivity index (χ1n) is 4.38. The number of carboxylic acid groups (broad SMARTS) is 1. The predicted octanol–water partition coefficient (Wildman–Crippen LogP) is 1.25. The molecule has 0 saturated heterocycles. The fourth-order valence-corrected chi connectivity index (χ4v) is 0.803. The minimum Gasteiger partial charge on any atom is -0.480 e. The highest BCUT2D eigenvalue weighted by Gasteiger charge is 1.99. The van der Waals surface area contributed by atoms with Crippen molar-refractivity contribution in [3.8, 4) is 0 Å². The molecule has 5 nitrogen and oxygen atoms in total. The van der Waals surface area contributed by atoms with Crippen LogP contribution >= 0.6 is 0 Å². The second-order valence-electron chi connectivity index (χ2n) is 2.95. The van der Waals surface area contributed by atoms with Crippen molar-refractivity contribution < 1.29 is 14.3 Å². The third-order valence-electron chi connectivity index (χ3n) is 1.63. The summed E-state index contributed by atoms with van der Waals surface area (Å²) in [6.07, 6.45) is 1.45. The number of benzene rings is 1. The van der Waals surface area contributed by atoms with Crippen molar-refractivity contribution in [2.75, 3.05) is 0 Å². The number of aromatic nitrogens is 1. The number of hydrogen-bond donors (Lipinski definition) is 2. The van der Waals surface area contributed by atoms with Crippen molar-refractivity contribution in [1.82, 2.24) is 4.98 Å². The molecular formula is C10H12N2O3. The Balaban J connectivity index is 0.000000167. The highest BCUT2D eigenvalue weighted by molar-refractivity contribution is 5.72. The largest absolute Gasteiger partial charge is 0.480 e. The molecule has 80 valence electrons. The average Bonchev–Trinajstić information content (AvgIpc) is 2.66. The van der Waals surface area contributed by atoms with Gasteiger partial charge in [-0.25, -0.2) is 4.98 Å². The number of carbonyl (C=O) groups is 1. The van der Waals surface area contributed by atoms with Crippen molar-refractivity contribution >= 4 is 17.1 Å². The van der Waals surface area contributed by atoms with E-state index < -0.39 is 12.0 Å². The van der Waals surface area contributed by atoms with E-state index in [1.807, 2.05) is 24.3 Å². The number of hydrogen-bond acceptors (Lipinski definition) is 4. The van der Waals surface area contributed by atoms with Crippen LogP contribution in [0, 0.1) is 0 Å². The molecule has 2 aromatic rings. The molecule has 0 spiro atoms. The Kier molecular flexibility index (Phi) is 3.82. The first kappa shape index (κ1) is 11.2. The van der Waals surface area contributed by atoms with Gasteiger partial charge < -0.3 is 15.3 Å². The van der Waals surface area contributed by atoms with E-state index in [1.54, 1.807) is 0 Å². The minimum absolute atomic E-state index is 0.731. The van der Waals surface area contributed by atoms with Crippen LogP contribution in [0.15, 0.2) is 35.1 Å². The lowest BCUT2D eigenvalue weighted by Gasteiger charge is -1.90. The van der Waals surface area contributed by atoms with E-state index in [2.05, 4.69) is 4.98 Å². The standard InChI is InChI=1S/C7H5NO.C3H7NO2/c1-2-4-7-6(3-1)8-5-9-7;1-2(4)3(5)6/h1-5H;2H,4H2,1H3,(H,5,6)/t;2-/m.0/s1. The summed E-state index contributed by atoms with van der Waals surface area (Å²) >= 11 is 0. The van der Waals surface area contributed by atoms with Crippen molar-refractivity contribution in [3.63, 3.8) is 0 Å². The van der Waals surface area contributed by atoms with E-state index in [1.165, 1.54) is 13.3 Å². The maximum atomic E-state index is 9.57. The van der Waals surface area contributed by atoms with Gasteiger partial charge in [0.25, 0.3) is 0 Å². The van der Waals surface area contributed by atoms with Crippen molar-refractivity contribution in [2.45, 2.75) is 13.0 Å². The highest BCUT2D eigenvalue weighted by Crippen LogP contribution is 2.09. The molecule has 0 aliphatic heterocycles. The Hall–Kier alpha value is -1.88. The van der Waals surface area contributed by atoms with Crippen LogP contribution in [0.4, 0.5) is 0 Å². The summed E-state index contributed by atoms with van der Waals surface area (Å²) in [5, 5.41) is 7.87. The molecule has 0 radical (unpaired) electrons. The summed E-state index contributed by atoms with van der Waals surface area (Å²) < 4.78 is 5.01. The zero-order chi connectivity index (χ0) is 11.3. The van der Waals surface area contributed by atoms with Gasteiger partial charge in [0, 0.05) is 0 Å². The molecule has 0 unspecified atom stereocenters. The molecule has 3 N–H and O–H groups in total. The molecule has 15 heavy (non-hydrogen) atoms. The summed E-state index contributed by atoms with van der Waals surface area (Å²) in [7, 11) is 0. The molecule has 0 bridgehead atoms. The molecule has 0 aliphatic carbocycles. The molecule has 0 saturated carbocycles. The van der Waals surface area contributed by atoms with Gasteiger partial charge in [-0.05, 0) is 19.1 Å². The number of nitrogens with zero attached hydrogens (tertiary/aromatic N) is 1. The maximum Gasteiger partial charge on any atom is 0.320 e. The summed E-state index contributed by atoms with van der Waals surface area (Å²) in [4.78, 5) is 13.5. The first-order chi connectivity index (χ1) is 7.11. The van der Waals surface area contributed by atoms with Gasteiger partial charge in [0.15, 0.2) is 12.0 Å². The van der Waals surface area contributed by atoms with Gasteiger partial charge in [-0.3, -0.25) is 4.79 Å². The maximum absolute atomic E-state index is 9.57. The summed E-state index contributed by atoms with van der Waals surface area (Å²) in [5.41, 5.74) is 6.59. The average molecular weight is 208 g/mol. The third kappa shape index (κ3) is 3.40. The minimum atomic E-state index is -0.963. The fourth-order valence-electron chi connectivity index (χ4n) is 0.803. The van der Waals surface area contributed by atoms with E-state index in [0.29, 0.717) is 0 Å². The van der Waals surface area contributed by atoms with Crippen LogP contribution in [-0.2, 0) is 4.79 Å². The van der Waals surface area contributed by atoms with Crippen LogP contribution in [-0.4, -0.2) is 22.1 Å². The normalized spacial score (nSPS) is 11.6. The van der Waals surface area contributed by atoms with Gasteiger partial charge in [0.05, 0.1) is 0 Å². The summed E-state index contributed by atoms with van der Waals surface area (Å²) in [5.74, 6) is -0.963. The topological polar surface area (TPSA) is 89.4 Å². The highest BCUT2D eigenvalue weighted by atomic mass is 16.4. The Labute approximate surface area is 86.5 Å². The van der Waals surface area contributed by atoms with Crippen LogP contribution < -0.4 is 5.73 Å². The van der Waals surface area contributed by atoms with Gasteiger partial charge >= 0.3 is 5.97 Å². The van der Waals surface area contributed by atoms with Gasteiger partial charge in [-0.15, -0.1) is 0 Å². The molecular weight excluding hydrogens is 196 g/mol. The Morgan fingerprint density at radius 2 is 2.13 bits per heavy atom. The number of oxazole rings is 1. The smallest absolute Gasteiger partial charge is 0.320 e. The SMILES string of the molecule is C[C@H](N)C(=O)O.c1ccc2ocnc2c1. The van der Waals surface area contributed by atoms with Crippen LogP contribution in [0.5, 0.6) is 0 Å². The summed E-state index contributed by atoms with van der Waals surface area (Å²) in [6.45, 7) is 1.42. The number of aliphatic carboxylic acids is 1. The van der Waals surface area contributed by atoms with Crippen LogP contribution in [0.25, 0.3) is 11.1 Å². The second-order valence-corrected chi connectivity index (χ2v) is 2.95. The van der Waals surface area contributed by atoms with Crippen LogP contribution in [0.3, 0.4) is 0 Å². The number of rotatable bonds is 1. The second kappa shape index (κ2) is 5.11. The van der Waals surface area contributed by atoms with Gasteiger partial charge in [0.2, 0.25) is 0 Å². The van der Waals surface area contributed by atoms with E-state index in [-0.39, 0.29) is 0 Å². The van der Waals surface area contributed by atoms with Gasteiger partial charge in [0.1, 0.15) is 11.6 Å². The van der Waals surface area contributed by atoms with Crippen molar-refractivity contribution in [3.05, 3.63) is 30.7 Å². The Morgan fingerprint density at radius 1 is 1.53 bits per heavy atom. The Bertz CT molecular complexity index is 407. The van der Waals surface area contributed by atoms with Crippen molar-refractivity contribution in [2.24, 2.45) is 5.73 Å². The molecule has 5 heteroatoms.